The summed E-state index contributed by atoms with van der Waals surface area (Å²) in [5.41, 5.74) is 3.36. The maximum Gasteiger partial charge on any atom is 0.253 e. The Morgan fingerprint density at radius 1 is 1.00 bits per heavy atom. The molecular formula is C23H27N3O2S. The molecule has 0 radical (unpaired) electrons. The summed E-state index contributed by atoms with van der Waals surface area (Å²) in [5, 5.41) is 5.95. The Kier molecular flexibility index (Phi) is 7.36. The molecule has 3 rings (SSSR count). The van der Waals surface area contributed by atoms with Gasteiger partial charge in [0.15, 0.2) is 5.11 Å². The molecule has 2 amide bonds. The van der Waals surface area contributed by atoms with Gasteiger partial charge in [-0.05, 0) is 61.3 Å². The van der Waals surface area contributed by atoms with E-state index in [0.717, 1.165) is 37.1 Å². The number of benzene rings is 2. The van der Waals surface area contributed by atoms with Crippen LogP contribution in [-0.4, -0.2) is 34.9 Å². The van der Waals surface area contributed by atoms with Gasteiger partial charge in [0.1, 0.15) is 0 Å². The Morgan fingerprint density at radius 2 is 1.72 bits per heavy atom. The van der Waals surface area contributed by atoms with Gasteiger partial charge < -0.3 is 15.5 Å². The molecule has 2 aromatic rings. The number of aryl methyl sites for hydroxylation is 1. The number of rotatable bonds is 4. The van der Waals surface area contributed by atoms with Crippen LogP contribution in [-0.2, 0) is 11.2 Å². The van der Waals surface area contributed by atoms with Crippen LogP contribution in [0.3, 0.4) is 0 Å². The molecule has 1 saturated heterocycles. The summed E-state index contributed by atoms with van der Waals surface area (Å²) in [7, 11) is 0. The molecule has 2 N–H and O–H groups in total. The van der Waals surface area contributed by atoms with E-state index in [4.69, 9.17) is 12.2 Å². The first kappa shape index (κ1) is 21.0. The summed E-state index contributed by atoms with van der Waals surface area (Å²) in [6.07, 6.45) is 4.74. The normalized spacial score (nSPS) is 14.0. The predicted octanol–water partition coefficient (Wildman–Crippen LogP) is 4.07. The Bertz CT molecular complexity index is 889. The van der Waals surface area contributed by atoms with Crippen molar-refractivity contribution >= 4 is 34.8 Å². The smallest absolute Gasteiger partial charge is 0.253 e. The Morgan fingerprint density at radius 3 is 2.45 bits per heavy atom. The minimum absolute atomic E-state index is 0.0463. The molecule has 1 fully saturated rings. The number of nitrogens with one attached hydrogen (secondary N) is 2. The Balaban J connectivity index is 1.57. The van der Waals surface area contributed by atoms with Gasteiger partial charge in [0.25, 0.3) is 5.91 Å². The molecular weight excluding hydrogens is 382 g/mol. The maximum atomic E-state index is 12.8. The zero-order valence-corrected chi connectivity index (χ0v) is 17.6. The van der Waals surface area contributed by atoms with Crippen molar-refractivity contribution in [2.45, 2.75) is 39.0 Å². The fourth-order valence-electron chi connectivity index (χ4n) is 3.50. The first-order valence-electron chi connectivity index (χ1n) is 10.1. The molecule has 0 aromatic heterocycles. The van der Waals surface area contributed by atoms with Gasteiger partial charge in [0.2, 0.25) is 5.91 Å². The van der Waals surface area contributed by atoms with Crippen LogP contribution >= 0.6 is 12.2 Å². The minimum Gasteiger partial charge on any atom is -0.339 e. The lowest BCUT2D eigenvalue weighted by atomic mass is 10.1. The van der Waals surface area contributed by atoms with Crippen LogP contribution < -0.4 is 10.6 Å². The first-order chi connectivity index (χ1) is 14.0. The number of carbonyl (C=O) groups is 2. The van der Waals surface area contributed by atoms with E-state index in [-0.39, 0.29) is 23.3 Å². The van der Waals surface area contributed by atoms with Gasteiger partial charge in [-0.1, -0.05) is 43.2 Å². The topological polar surface area (TPSA) is 61.4 Å². The van der Waals surface area contributed by atoms with Crippen molar-refractivity contribution in [1.29, 1.82) is 0 Å². The second-order valence-corrected chi connectivity index (χ2v) is 7.80. The molecule has 1 heterocycles. The molecule has 0 saturated carbocycles. The quantitative estimate of drug-likeness (QED) is 0.748. The van der Waals surface area contributed by atoms with Crippen molar-refractivity contribution in [3.8, 4) is 0 Å². The van der Waals surface area contributed by atoms with Crippen molar-refractivity contribution in [2.75, 3.05) is 18.4 Å². The molecule has 152 valence electrons. The molecule has 0 bridgehead atoms. The third-order valence-corrected chi connectivity index (χ3v) is 5.33. The van der Waals surface area contributed by atoms with E-state index >= 15 is 0 Å². The monoisotopic (exact) mass is 409 g/mol. The number of amides is 2. The molecule has 0 aliphatic carbocycles. The minimum atomic E-state index is -0.173. The van der Waals surface area contributed by atoms with Crippen molar-refractivity contribution < 1.29 is 9.59 Å². The van der Waals surface area contributed by atoms with Crippen LogP contribution in [0, 0.1) is 6.92 Å². The van der Waals surface area contributed by atoms with Crippen LogP contribution in [0.5, 0.6) is 0 Å². The molecule has 5 nitrogen and oxygen atoms in total. The van der Waals surface area contributed by atoms with Gasteiger partial charge in [-0.15, -0.1) is 0 Å². The van der Waals surface area contributed by atoms with Gasteiger partial charge >= 0.3 is 0 Å². The van der Waals surface area contributed by atoms with E-state index in [1.165, 1.54) is 12.8 Å². The molecule has 0 atom stereocenters. The number of likely N-dealkylation sites (tertiary alicyclic amines) is 1. The summed E-state index contributed by atoms with van der Waals surface area (Å²) in [6, 6.07) is 15.0. The standard InChI is InChI=1S/C23H27N3O2S/c1-17-9-4-5-10-18(17)16-21(27)25-23(29)24-20-12-8-11-19(15-20)22(28)26-13-6-2-3-7-14-26/h4-5,8-12,15H,2-3,6-7,13-14,16H2,1H3,(H2,24,25,27,29). The molecule has 1 aliphatic heterocycles. The zero-order valence-electron chi connectivity index (χ0n) is 16.7. The number of thiocarbonyl (C=S) groups is 1. The molecule has 29 heavy (non-hydrogen) atoms. The molecule has 1 aliphatic rings. The lowest BCUT2D eigenvalue weighted by Crippen LogP contribution is -2.35. The van der Waals surface area contributed by atoms with Gasteiger partial charge in [0, 0.05) is 24.3 Å². The van der Waals surface area contributed by atoms with Crippen LogP contribution in [0.15, 0.2) is 48.5 Å². The summed E-state index contributed by atoms with van der Waals surface area (Å²) < 4.78 is 0. The molecule has 6 heteroatoms. The average Bonchev–Trinajstić information content (AvgIpc) is 2.99. The summed E-state index contributed by atoms with van der Waals surface area (Å²) in [5.74, 6) is -0.126. The fraction of sp³-hybridized carbons (Fsp3) is 0.348. The van der Waals surface area contributed by atoms with Crippen molar-refractivity contribution in [3.05, 3.63) is 65.2 Å². The lowest BCUT2D eigenvalue weighted by Gasteiger charge is -2.20. The van der Waals surface area contributed by atoms with Gasteiger partial charge in [-0.2, -0.15) is 0 Å². The second-order valence-electron chi connectivity index (χ2n) is 7.39. The highest BCUT2D eigenvalue weighted by molar-refractivity contribution is 7.80. The highest BCUT2D eigenvalue weighted by Crippen LogP contribution is 2.16. The fourth-order valence-corrected chi connectivity index (χ4v) is 3.73. The van der Waals surface area contributed by atoms with Gasteiger partial charge in [-0.3, -0.25) is 9.59 Å². The second kappa shape index (κ2) is 10.2. The lowest BCUT2D eigenvalue weighted by molar-refractivity contribution is -0.119. The zero-order chi connectivity index (χ0) is 20.6. The van der Waals surface area contributed by atoms with Crippen molar-refractivity contribution in [1.82, 2.24) is 10.2 Å². The predicted molar refractivity (Wildman–Crippen MR) is 120 cm³/mol. The van der Waals surface area contributed by atoms with Crippen LogP contribution in [0.25, 0.3) is 0 Å². The number of carbonyl (C=O) groups excluding carboxylic acids is 2. The largest absolute Gasteiger partial charge is 0.339 e. The number of hydrogen-bond acceptors (Lipinski definition) is 3. The SMILES string of the molecule is Cc1ccccc1CC(=O)NC(=S)Nc1cccc(C(=O)N2CCCCCC2)c1. The number of nitrogens with zero attached hydrogens (tertiary/aromatic N) is 1. The molecule has 0 unspecified atom stereocenters. The Labute approximate surface area is 177 Å². The Hall–Kier alpha value is -2.73. The first-order valence-corrected chi connectivity index (χ1v) is 10.5. The molecule has 0 spiro atoms. The average molecular weight is 410 g/mol. The highest BCUT2D eigenvalue weighted by atomic mass is 32.1. The van der Waals surface area contributed by atoms with Crippen molar-refractivity contribution in [3.63, 3.8) is 0 Å². The van der Waals surface area contributed by atoms with Gasteiger partial charge in [-0.25, -0.2) is 0 Å². The summed E-state index contributed by atoms with van der Waals surface area (Å²) in [6.45, 7) is 3.60. The van der Waals surface area contributed by atoms with E-state index in [2.05, 4.69) is 10.6 Å². The third kappa shape index (κ3) is 6.12. The van der Waals surface area contributed by atoms with E-state index in [1.807, 2.05) is 54.3 Å². The van der Waals surface area contributed by atoms with Gasteiger partial charge in [0.05, 0.1) is 6.42 Å². The maximum absolute atomic E-state index is 12.8. The summed E-state index contributed by atoms with van der Waals surface area (Å²) >= 11 is 5.27. The molecule has 2 aromatic carbocycles. The van der Waals surface area contributed by atoms with E-state index < -0.39 is 0 Å². The van der Waals surface area contributed by atoms with E-state index in [1.54, 1.807) is 6.07 Å². The van der Waals surface area contributed by atoms with E-state index in [0.29, 0.717) is 11.3 Å². The van der Waals surface area contributed by atoms with Crippen LogP contribution in [0.2, 0.25) is 0 Å². The van der Waals surface area contributed by atoms with Crippen LogP contribution in [0.1, 0.15) is 47.2 Å². The number of hydrogen-bond donors (Lipinski definition) is 2. The highest BCUT2D eigenvalue weighted by Gasteiger charge is 2.17. The van der Waals surface area contributed by atoms with Crippen LogP contribution in [0.4, 0.5) is 5.69 Å². The number of anilines is 1. The summed E-state index contributed by atoms with van der Waals surface area (Å²) in [4.78, 5) is 27.0. The van der Waals surface area contributed by atoms with E-state index in [9.17, 15) is 9.59 Å². The third-order valence-electron chi connectivity index (χ3n) is 5.13. The van der Waals surface area contributed by atoms with Crippen molar-refractivity contribution in [2.24, 2.45) is 0 Å².